The van der Waals surface area contributed by atoms with Gasteiger partial charge < -0.3 is 5.11 Å². The smallest absolute Gasteiger partial charge is 0.303 e. The third-order valence-corrected chi connectivity index (χ3v) is 3.17. The zero-order valence-corrected chi connectivity index (χ0v) is 11.7. The minimum Gasteiger partial charge on any atom is -0.481 e. The van der Waals surface area contributed by atoms with E-state index in [9.17, 15) is 4.79 Å². The van der Waals surface area contributed by atoms with Crippen LogP contribution in [-0.2, 0) is 4.79 Å². The fraction of sp³-hybridized carbons (Fsp3) is 0.688. The van der Waals surface area contributed by atoms with E-state index in [1.54, 1.807) is 6.08 Å². The van der Waals surface area contributed by atoms with Crippen molar-refractivity contribution >= 4 is 5.97 Å². The Morgan fingerprint density at radius 3 is 2.56 bits per heavy atom. The van der Waals surface area contributed by atoms with Crippen LogP contribution in [0.15, 0.2) is 24.8 Å². The summed E-state index contributed by atoms with van der Waals surface area (Å²) < 4.78 is 0. The first kappa shape index (κ1) is 16.9. The molecule has 0 bridgehead atoms. The second-order valence-corrected chi connectivity index (χ2v) is 4.91. The van der Waals surface area contributed by atoms with E-state index in [0.29, 0.717) is 12.3 Å². The van der Waals surface area contributed by atoms with Crippen molar-refractivity contribution in [1.82, 2.24) is 0 Å². The molecule has 0 aromatic carbocycles. The minimum atomic E-state index is -0.650. The maximum absolute atomic E-state index is 10.7. The van der Waals surface area contributed by atoms with E-state index in [0.717, 1.165) is 25.7 Å². The molecule has 0 heterocycles. The first-order chi connectivity index (χ1) is 8.70. The molecule has 0 saturated carbocycles. The molecule has 0 saturated heterocycles. The Morgan fingerprint density at radius 1 is 1.22 bits per heavy atom. The Hall–Kier alpha value is -1.05. The summed E-state index contributed by atoms with van der Waals surface area (Å²) in [5, 5.41) is 8.82. The number of carboxylic acids is 1. The van der Waals surface area contributed by atoms with Crippen LogP contribution >= 0.6 is 0 Å². The van der Waals surface area contributed by atoms with Gasteiger partial charge in [-0.25, -0.2) is 0 Å². The summed E-state index contributed by atoms with van der Waals surface area (Å²) in [6.07, 6.45) is 15.5. The van der Waals surface area contributed by atoms with Crippen molar-refractivity contribution in [2.24, 2.45) is 5.92 Å². The van der Waals surface area contributed by atoms with Gasteiger partial charge in [-0.05, 0) is 25.2 Å². The topological polar surface area (TPSA) is 37.3 Å². The number of aliphatic carboxylic acids is 1. The molecule has 1 unspecified atom stereocenters. The average Bonchev–Trinajstić information content (AvgIpc) is 2.32. The summed E-state index contributed by atoms with van der Waals surface area (Å²) in [5.74, 6) is -0.267. The number of unbranched alkanes of at least 4 members (excludes halogenated alkanes) is 4. The van der Waals surface area contributed by atoms with Crippen LogP contribution in [0.4, 0.5) is 0 Å². The molecule has 0 aliphatic carbocycles. The summed E-state index contributed by atoms with van der Waals surface area (Å²) >= 11 is 0. The third-order valence-electron chi connectivity index (χ3n) is 3.17. The molecule has 0 rings (SSSR count). The van der Waals surface area contributed by atoms with Crippen LogP contribution in [0.5, 0.6) is 0 Å². The summed E-state index contributed by atoms with van der Waals surface area (Å²) in [6, 6.07) is 0. The number of hydrogen-bond donors (Lipinski definition) is 1. The van der Waals surface area contributed by atoms with Gasteiger partial charge in [-0.1, -0.05) is 63.8 Å². The molecule has 0 aliphatic rings. The molecule has 0 amide bonds. The number of allylic oxidation sites excluding steroid dienone is 3. The molecule has 1 atom stereocenters. The number of carbonyl (C=O) groups is 1. The zero-order chi connectivity index (χ0) is 13.6. The van der Waals surface area contributed by atoms with Gasteiger partial charge >= 0.3 is 5.97 Å². The lowest BCUT2D eigenvalue weighted by Gasteiger charge is -2.13. The second-order valence-electron chi connectivity index (χ2n) is 4.91. The van der Waals surface area contributed by atoms with Gasteiger partial charge in [0.2, 0.25) is 0 Å². The van der Waals surface area contributed by atoms with Crippen LogP contribution in [0.3, 0.4) is 0 Å². The molecule has 0 aromatic rings. The van der Waals surface area contributed by atoms with Gasteiger partial charge in [0.1, 0.15) is 0 Å². The summed E-state index contributed by atoms with van der Waals surface area (Å²) in [7, 11) is 0. The largest absolute Gasteiger partial charge is 0.481 e. The van der Waals surface area contributed by atoms with Crippen molar-refractivity contribution < 1.29 is 9.90 Å². The molecule has 104 valence electrons. The van der Waals surface area contributed by atoms with Crippen LogP contribution in [-0.4, -0.2) is 11.1 Å². The molecule has 2 heteroatoms. The third kappa shape index (κ3) is 11.4. The highest BCUT2D eigenvalue weighted by Crippen LogP contribution is 2.19. The van der Waals surface area contributed by atoms with E-state index in [1.807, 2.05) is 6.08 Å². The van der Waals surface area contributed by atoms with Crippen LogP contribution in [0, 0.1) is 5.92 Å². The molecular weight excluding hydrogens is 224 g/mol. The summed E-state index contributed by atoms with van der Waals surface area (Å²) in [4.78, 5) is 10.7. The van der Waals surface area contributed by atoms with E-state index < -0.39 is 5.97 Å². The Bertz CT molecular complexity index is 243. The normalized spacial score (nSPS) is 12.7. The van der Waals surface area contributed by atoms with Crippen molar-refractivity contribution in [3.8, 4) is 0 Å². The lowest BCUT2D eigenvalue weighted by molar-refractivity contribution is -0.138. The molecule has 0 fully saturated rings. The Balaban J connectivity index is 3.51. The lowest BCUT2D eigenvalue weighted by Crippen LogP contribution is -2.07. The molecule has 0 aliphatic heterocycles. The van der Waals surface area contributed by atoms with Crippen LogP contribution in [0.2, 0.25) is 0 Å². The van der Waals surface area contributed by atoms with Gasteiger partial charge in [-0.3, -0.25) is 4.79 Å². The van der Waals surface area contributed by atoms with Gasteiger partial charge in [0.05, 0.1) is 0 Å². The Labute approximate surface area is 112 Å². The van der Waals surface area contributed by atoms with Gasteiger partial charge in [-0.15, -0.1) is 0 Å². The molecule has 0 spiro atoms. The van der Waals surface area contributed by atoms with E-state index in [4.69, 9.17) is 5.11 Å². The molecular formula is C16H28O2. The van der Waals surface area contributed by atoms with Gasteiger partial charge in [0.25, 0.3) is 0 Å². The predicted octanol–water partition coefficient (Wildman–Crippen LogP) is 4.96. The molecule has 0 radical (unpaired) electrons. The second kappa shape index (κ2) is 12.4. The number of hydrogen-bond acceptors (Lipinski definition) is 1. The standard InChI is InChI=1S/C16H28O2/c1-3-5-6-7-8-9-10-11-13-15(12-4-2)14-16(17)18/h3,5-6,15H,1,4,7-14H2,2H3,(H,17,18). The first-order valence-corrected chi connectivity index (χ1v) is 7.20. The van der Waals surface area contributed by atoms with E-state index in [2.05, 4.69) is 19.6 Å². The summed E-state index contributed by atoms with van der Waals surface area (Å²) in [5.41, 5.74) is 0. The van der Waals surface area contributed by atoms with Crippen molar-refractivity contribution in [2.45, 2.75) is 64.7 Å². The first-order valence-electron chi connectivity index (χ1n) is 7.20. The molecule has 1 N–H and O–H groups in total. The monoisotopic (exact) mass is 252 g/mol. The lowest BCUT2D eigenvalue weighted by atomic mass is 9.93. The van der Waals surface area contributed by atoms with Crippen molar-refractivity contribution in [3.63, 3.8) is 0 Å². The average molecular weight is 252 g/mol. The highest BCUT2D eigenvalue weighted by Gasteiger charge is 2.11. The van der Waals surface area contributed by atoms with Gasteiger partial charge in [0.15, 0.2) is 0 Å². The Morgan fingerprint density at radius 2 is 1.94 bits per heavy atom. The predicted molar refractivity (Wildman–Crippen MR) is 77.7 cm³/mol. The maximum Gasteiger partial charge on any atom is 0.303 e. The zero-order valence-electron chi connectivity index (χ0n) is 11.7. The van der Waals surface area contributed by atoms with E-state index in [-0.39, 0.29) is 0 Å². The van der Waals surface area contributed by atoms with Crippen molar-refractivity contribution in [2.75, 3.05) is 0 Å². The molecule has 2 nitrogen and oxygen atoms in total. The van der Waals surface area contributed by atoms with Gasteiger partial charge in [0, 0.05) is 6.42 Å². The summed E-state index contributed by atoms with van der Waals surface area (Å²) in [6.45, 7) is 5.76. The SMILES string of the molecule is C=CC=CCCCCCCC(CCC)CC(=O)O. The number of carboxylic acid groups (broad SMARTS) is 1. The molecule has 0 aromatic heterocycles. The van der Waals surface area contributed by atoms with E-state index >= 15 is 0 Å². The minimum absolute atomic E-state index is 0.343. The maximum atomic E-state index is 10.7. The quantitative estimate of drug-likeness (QED) is 0.394. The molecule has 18 heavy (non-hydrogen) atoms. The van der Waals surface area contributed by atoms with Crippen molar-refractivity contribution in [1.29, 1.82) is 0 Å². The van der Waals surface area contributed by atoms with Crippen molar-refractivity contribution in [3.05, 3.63) is 24.8 Å². The number of rotatable bonds is 12. The fourth-order valence-electron chi connectivity index (χ4n) is 2.24. The van der Waals surface area contributed by atoms with Crippen LogP contribution in [0.1, 0.15) is 64.7 Å². The Kier molecular flexibility index (Phi) is 11.7. The highest BCUT2D eigenvalue weighted by molar-refractivity contribution is 5.66. The van der Waals surface area contributed by atoms with E-state index in [1.165, 1.54) is 25.7 Å². The van der Waals surface area contributed by atoms with Crippen LogP contribution in [0.25, 0.3) is 0 Å². The van der Waals surface area contributed by atoms with Crippen LogP contribution < -0.4 is 0 Å². The van der Waals surface area contributed by atoms with Gasteiger partial charge in [-0.2, -0.15) is 0 Å². The fourth-order valence-corrected chi connectivity index (χ4v) is 2.24. The highest BCUT2D eigenvalue weighted by atomic mass is 16.4.